The largest absolute Gasteiger partial charge is 0.324 e. The Bertz CT molecular complexity index is 1160. The molecule has 3 aromatic carbocycles. The van der Waals surface area contributed by atoms with Crippen LogP contribution in [0.25, 0.3) is 0 Å². The van der Waals surface area contributed by atoms with E-state index in [2.05, 4.69) is 19.2 Å². The second-order valence-corrected chi connectivity index (χ2v) is 9.76. The summed E-state index contributed by atoms with van der Waals surface area (Å²) in [4.78, 5) is 13.2. The minimum atomic E-state index is -3.92. The first-order valence-corrected chi connectivity index (χ1v) is 11.7. The quantitative estimate of drug-likeness (QED) is 0.549. The molecule has 0 atom stereocenters. The molecule has 1 N–H and O–H groups in total. The molecule has 0 aliphatic carbocycles. The summed E-state index contributed by atoms with van der Waals surface area (Å²) in [6.07, 6.45) is 0. The Kier molecular flexibility index (Phi) is 6.81. The molecule has 5 nitrogen and oxygen atoms in total. The zero-order chi connectivity index (χ0) is 22.6. The van der Waals surface area contributed by atoms with Crippen molar-refractivity contribution in [3.8, 4) is 0 Å². The van der Waals surface area contributed by atoms with Crippen LogP contribution >= 0.6 is 0 Å². The highest BCUT2D eigenvalue weighted by molar-refractivity contribution is 7.92. The van der Waals surface area contributed by atoms with Crippen LogP contribution in [0, 0.1) is 13.8 Å². The van der Waals surface area contributed by atoms with Crippen molar-refractivity contribution in [2.24, 2.45) is 0 Å². The Morgan fingerprint density at radius 2 is 1.55 bits per heavy atom. The number of hydrogen-bond donors (Lipinski definition) is 1. The number of amides is 1. The summed E-state index contributed by atoms with van der Waals surface area (Å²) < 4.78 is 27.9. The first-order chi connectivity index (χ1) is 14.7. The Morgan fingerprint density at radius 1 is 0.903 bits per heavy atom. The van der Waals surface area contributed by atoms with Crippen LogP contribution in [0.5, 0.6) is 0 Å². The van der Waals surface area contributed by atoms with Crippen LogP contribution in [-0.2, 0) is 14.8 Å². The molecule has 0 saturated heterocycles. The number of nitrogens with one attached hydrogen (secondary N) is 1. The van der Waals surface area contributed by atoms with Crippen molar-refractivity contribution in [3.05, 3.63) is 89.5 Å². The summed E-state index contributed by atoms with van der Waals surface area (Å²) in [5.41, 5.74) is 4.14. The van der Waals surface area contributed by atoms with Crippen LogP contribution in [0.2, 0.25) is 0 Å². The lowest BCUT2D eigenvalue weighted by Crippen LogP contribution is -2.38. The maximum absolute atomic E-state index is 13.4. The molecule has 0 fully saturated rings. The van der Waals surface area contributed by atoms with Crippen molar-refractivity contribution in [2.45, 2.75) is 38.5 Å². The van der Waals surface area contributed by atoms with Gasteiger partial charge in [-0.3, -0.25) is 9.10 Å². The molecule has 3 aromatic rings. The highest BCUT2D eigenvalue weighted by Crippen LogP contribution is 2.28. The molecule has 0 radical (unpaired) electrons. The summed E-state index contributed by atoms with van der Waals surface area (Å²) in [6, 6.07) is 21.1. The van der Waals surface area contributed by atoms with Crippen LogP contribution in [0.3, 0.4) is 0 Å². The van der Waals surface area contributed by atoms with Gasteiger partial charge in [0.25, 0.3) is 10.0 Å². The fraction of sp³-hybridized carbons (Fsp3) is 0.240. The van der Waals surface area contributed by atoms with Crippen molar-refractivity contribution in [1.82, 2.24) is 0 Å². The molecule has 3 rings (SSSR count). The number of carbonyl (C=O) groups excluding carboxylic acids is 1. The van der Waals surface area contributed by atoms with E-state index in [4.69, 9.17) is 0 Å². The monoisotopic (exact) mass is 436 g/mol. The van der Waals surface area contributed by atoms with E-state index in [9.17, 15) is 13.2 Å². The number of nitrogens with zero attached hydrogens (tertiary/aromatic N) is 1. The SMILES string of the molecule is Cc1ccc(N(CC(=O)Nc2c(C)cccc2C(C)C)S(=O)(=O)c2ccccc2)cc1. The first-order valence-electron chi connectivity index (χ1n) is 10.2. The van der Waals surface area contributed by atoms with Gasteiger partial charge >= 0.3 is 0 Å². The third-order valence-corrected chi connectivity index (χ3v) is 6.92. The number of rotatable bonds is 7. The first kappa shape index (κ1) is 22.6. The predicted molar refractivity (Wildman–Crippen MR) is 126 cm³/mol. The molecule has 0 aliphatic rings. The van der Waals surface area contributed by atoms with Gasteiger partial charge in [0, 0.05) is 5.69 Å². The van der Waals surface area contributed by atoms with Crippen LogP contribution < -0.4 is 9.62 Å². The van der Waals surface area contributed by atoms with Crippen LogP contribution in [0.1, 0.15) is 36.5 Å². The summed E-state index contributed by atoms with van der Waals surface area (Å²) in [6.45, 7) is 7.65. The molecule has 0 spiro atoms. The molecular formula is C25H28N2O3S. The minimum absolute atomic E-state index is 0.141. The number of sulfonamides is 1. The Hall–Kier alpha value is -3.12. The van der Waals surface area contributed by atoms with E-state index in [0.717, 1.165) is 26.7 Å². The second-order valence-electron chi connectivity index (χ2n) is 7.90. The maximum atomic E-state index is 13.4. The molecule has 0 unspecified atom stereocenters. The van der Waals surface area contributed by atoms with Gasteiger partial charge in [-0.1, -0.05) is 67.9 Å². The fourth-order valence-electron chi connectivity index (χ4n) is 3.40. The zero-order valence-electron chi connectivity index (χ0n) is 18.3. The third kappa shape index (κ3) is 5.14. The van der Waals surface area contributed by atoms with E-state index in [1.54, 1.807) is 30.3 Å². The molecule has 0 heterocycles. The van der Waals surface area contributed by atoms with Crippen molar-refractivity contribution < 1.29 is 13.2 Å². The lowest BCUT2D eigenvalue weighted by molar-refractivity contribution is -0.114. The third-order valence-electron chi connectivity index (χ3n) is 5.13. The van der Waals surface area contributed by atoms with E-state index in [0.29, 0.717) is 5.69 Å². The molecule has 31 heavy (non-hydrogen) atoms. The van der Waals surface area contributed by atoms with E-state index in [1.807, 2.05) is 44.2 Å². The average molecular weight is 437 g/mol. The van der Waals surface area contributed by atoms with Gasteiger partial charge in [-0.25, -0.2) is 8.42 Å². The Morgan fingerprint density at radius 3 is 2.16 bits per heavy atom. The number of hydrogen-bond acceptors (Lipinski definition) is 3. The standard InChI is InChI=1S/C25H28N2O3S/c1-18(2)23-12-8-9-20(4)25(23)26-24(28)17-27(21-15-13-19(3)14-16-21)31(29,30)22-10-6-5-7-11-22/h5-16,18H,17H2,1-4H3,(H,26,28). The lowest BCUT2D eigenvalue weighted by atomic mass is 9.98. The van der Waals surface area contributed by atoms with Gasteiger partial charge < -0.3 is 5.32 Å². The van der Waals surface area contributed by atoms with Gasteiger partial charge in [0.2, 0.25) is 5.91 Å². The molecule has 0 aliphatic heterocycles. The second kappa shape index (κ2) is 9.35. The smallest absolute Gasteiger partial charge is 0.264 e. The summed E-state index contributed by atoms with van der Waals surface area (Å²) in [5.74, 6) is -0.173. The maximum Gasteiger partial charge on any atom is 0.264 e. The van der Waals surface area contributed by atoms with Crippen LogP contribution in [-0.4, -0.2) is 20.9 Å². The lowest BCUT2D eigenvalue weighted by Gasteiger charge is -2.25. The molecule has 162 valence electrons. The van der Waals surface area contributed by atoms with Crippen LogP contribution in [0.4, 0.5) is 11.4 Å². The zero-order valence-corrected chi connectivity index (χ0v) is 19.1. The summed E-state index contributed by atoms with van der Waals surface area (Å²) in [7, 11) is -3.92. The molecule has 6 heteroatoms. The Balaban J connectivity index is 1.97. The van der Waals surface area contributed by atoms with E-state index in [-0.39, 0.29) is 17.4 Å². The highest BCUT2D eigenvalue weighted by atomic mass is 32.2. The highest BCUT2D eigenvalue weighted by Gasteiger charge is 2.27. The normalized spacial score (nSPS) is 11.4. The molecule has 1 amide bonds. The van der Waals surface area contributed by atoms with Gasteiger partial charge in [-0.05, 0) is 55.2 Å². The molecular weight excluding hydrogens is 408 g/mol. The summed E-state index contributed by atoms with van der Waals surface area (Å²) >= 11 is 0. The van der Waals surface area contributed by atoms with Gasteiger partial charge in [0.15, 0.2) is 0 Å². The fourth-order valence-corrected chi connectivity index (χ4v) is 4.84. The summed E-state index contributed by atoms with van der Waals surface area (Å²) in [5, 5.41) is 2.95. The number of para-hydroxylation sites is 1. The number of benzene rings is 3. The van der Waals surface area contributed by atoms with E-state index in [1.165, 1.54) is 12.1 Å². The Labute approximate surface area is 184 Å². The van der Waals surface area contributed by atoms with Gasteiger partial charge in [0.1, 0.15) is 6.54 Å². The number of anilines is 2. The van der Waals surface area contributed by atoms with Crippen molar-refractivity contribution in [1.29, 1.82) is 0 Å². The van der Waals surface area contributed by atoms with Crippen molar-refractivity contribution in [3.63, 3.8) is 0 Å². The van der Waals surface area contributed by atoms with Crippen molar-refractivity contribution >= 4 is 27.3 Å². The number of carbonyl (C=O) groups is 1. The molecule has 0 aromatic heterocycles. The van der Waals surface area contributed by atoms with Gasteiger partial charge in [-0.15, -0.1) is 0 Å². The van der Waals surface area contributed by atoms with Gasteiger partial charge in [-0.2, -0.15) is 0 Å². The minimum Gasteiger partial charge on any atom is -0.324 e. The average Bonchev–Trinajstić information content (AvgIpc) is 2.74. The van der Waals surface area contributed by atoms with E-state index >= 15 is 0 Å². The van der Waals surface area contributed by atoms with Crippen LogP contribution in [0.15, 0.2) is 77.7 Å². The van der Waals surface area contributed by atoms with Crippen molar-refractivity contribution in [2.75, 3.05) is 16.2 Å². The molecule has 0 bridgehead atoms. The predicted octanol–water partition coefficient (Wildman–Crippen LogP) is 5.26. The molecule has 0 saturated carbocycles. The van der Waals surface area contributed by atoms with E-state index < -0.39 is 15.9 Å². The topological polar surface area (TPSA) is 66.5 Å². The number of aryl methyl sites for hydroxylation is 2. The van der Waals surface area contributed by atoms with Gasteiger partial charge in [0.05, 0.1) is 10.6 Å².